The molecule has 1 aliphatic heterocycles. The molecule has 1 aliphatic rings. The fraction of sp³-hybridized carbons (Fsp3) is 0.452. The molecule has 436 valence electrons. The molecule has 82 heavy (non-hydrogen) atoms. The monoisotopic (exact) mass is 1170 g/mol. The molecule has 16 nitrogen and oxygen atoms in total. The van der Waals surface area contributed by atoms with Crippen molar-refractivity contribution in [1.29, 1.82) is 0 Å². The number of anilines is 4. The molecule has 2 unspecified atom stereocenters. The maximum atomic E-state index is 13.1. The van der Waals surface area contributed by atoms with E-state index in [4.69, 9.17) is 20.9 Å². The van der Waals surface area contributed by atoms with E-state index >= 15 is 0 Å². The lowest BCUT2D eigenvalue weighted by Gasteiger charge is -2.32. The number of aromatic nitrogens is 10. The van der Waals surface area contributed by atoms with E-state index in [1.165, 1.54) is 39.4 Å². The molecule has 2 N–H and O–H groups in total. The summed E-state index contributed by atoms with van der Waals surface area (Å²) in [6.45, 7) is 33.5. The molecule has 0 radical (unpaired) electrons. The Bertz CT molecular complexity index is 3390. The predicted molar refractivity (Wildman–Crippen MR) is 336 cm³/mol. The van der Waals surface area contributed by atoms with Crippen molar-refractivity contribution in [3.63, 3.8) is 0 Å². The van der Waals surface area contributed by atoms with E-state index in [1.807, 2.05) is 46.4 Å². The maximum absolute atomic E-state index is 13.1. The molecule has 0 aliphatic carbocycles. The van der Waals surface area contributed by atoms with Gasteiger partial charge in [0.1, 0.15) is 5.15 Å². The molecule has 1 saturated heterocycles. The highest BCUT2D eigenvalue weighted by Gasteiger charge is 2.51. The van der Waals surface area contributed by atoms with Gasteiger partial charge in [-0.1, -0.05) is 111 Å². The highest BCUT2D eigenvalue weighted by Crippen LogP contribution is 2.38. The van der Waals surface area contributed by atoms with E-state index in [-0.39, 0.29) is 52.6 Å². The topological polar surface area (TPSA) is 190 Å². The molecule has 6 aromatic heterocycles. The van der Waals surface area contributed by atoms with Crippen molar-refractivity contribution in [1.82, 2.24) is 49.5 Å². The fourth-order valence-electron chi connectivity index (χ4n) is 8.88. The first kappa shape index (κ1) is 64.7. The molecular formula is C62H82BClN12O4S2. The molecule has 8 aromatic rings. The maximum Gasteiger partial charge on any atom is 0.494 e. The summed E-state index contributed by atoms with van der Waals surface area (Å²) < 4.78 is 15.8. The van der Waals surface area contributed by atoms with Crippen LogP contribution < -0.4 is 16.1 Å². The summed E-state index contributed by atoms with van der Waals surface area (Å²) in [6, 6.07) is 16.3. The van der Waals surface area contributed by atoms with Gasteiger partial charge in [-0.15, -0.1) is 22.7 Å². The molecule has 2 atom stereocenters. The first-order valence-electron chi connectivity index (χ1n) is 28.0. The van der Waals surface area contributed by atoms with Crippen molar-refractivity contribution in [2.75, 3.05) is 10.6 Å². The normalized spacial score (nSPS) is 14.3. The minimum atomic E-state index is -0.368. The molecule has 0 bridgehead atoms. The molecule has 9 rings (SSSR count). The first-order valence-corrected chi connectivity index (χ1v) is 30.0. The summed E-state index contributed by atoms with van der Waals surface area (Å²) in [7, 11) is 3.33. The number of halogens is 1. The molecule has 2 aromatic carbocycles. The Morgan fingerprint density at radius 1 is 0.646 bits per heavy atom. The standard InChI is InChI=1S/C27H32N6OS.C25H36BNO3S.C8H8ClN5.C2H6/c1-7-18(13-23(34)24-15-29-25(35-24)27(3,4)5)21-9-8-19(12-17(21)2)22-10-11-28-26(32-22)31-20-14-30-33(6)16-20;1-10-17(14-20(28)21-15-27-22(31-21)23(3,4)5)19-12-11-18(13-16(19)2)26-29-24(6,7)25(8,9)30-26;1-14-5-6(4-11-14)12-8-10-3-2-7(9)13-8;1-2/h8-12,14-16,18H,7,13H2,1-6H3,(H,28,31,32);11-13,15,17H,10,14H2,1-9H3;2-5H,1H3,(H,10,12,13);1-2H3. The lowest BCUT2D eigenvalue weighted by atomic mass is 9.76. The van der Waals surface area contributed by atoms with Gasteiger partial charge in [-0.2, -0.15) is 10.2 Å². The van der Waals surface area contributed by atoms with Gasteiger partial charge in [-0.3, -0.25) is 19.0 Å². The van der Waals surface area contributed by atoms with E-state index < -0.39 is 0 Å². The lowest BCUT2D eigenvalue weighted by Crippen LogP contribution is -2.41. The molecule has 7 heterocycles. The number of carbonyl (C=O) groups is 2. The third-order valence-electron chi connectivity index (χ3n) is 14.2. The Kier molecular flexibility index (Phi) is 21.9. The number of Topliss-reactive ketones (excluding diaryl/α,β-unsaturated/α-hetero) is 2. The van der Waals surface area contributed by atoms with E-state index in [2.05, 4.69) is 184 Å². The van der Waals surface area contributed by atoms with Gasteiger partial charge in [0.05, 0.1) is 60.4 Å². The van der Waals surface area contributed by atoms with E-state index in [0.29, 0.717) is 29.9 Å². The van der Waals surface area contributed by atoms with Crippen molar-refractivity contribution in [2.24, 2.45) is 14.1 Å². The van der Waals surface area contributed by atoms with Gasteiger partial charge in [0.2, 0.25) is 11.9 Å². The smallest absolute Gasteiger partial charge is 0.399 e. The van der Waals surface area contributed by atoms with Gasteiger partial charge in [0.15, 0.2) is 11.6 Å². The third kappa shape index (κ3) is 17.1. The van der Waals surface area contributed by atoms with Crippen LogP contribution in [0, 0.1) is 13.8 Å². The van der Waals surface area contributed by atoms with Crippen LogP contribution in [0.25, 0.3) is 11.3 Å². The Morgan fingerprint density at radius 2 is 1.10 bits per heavy atom. The SMILES string of the molecule is CC.CCC(CC(=O)c1cnc(C(C)(C)C)s1)c1ccc(-c2ccnc(Nc3cnn(C)c3)n2)cc1C.CCC(CC(=O)c1cnc(C(C)(C)C)s1)c1ccc(B2OC(C)(C)C(C)(C)O2)cc1C.Cn1cc(Nc2nccc(Cl)n2)cn1. The van der Waals surface area contributed by atoms with Crippen LogP contribution in [0.15, 0.2) is 98.1 Å². The summed E-state index contributed by atoms with van der Waals surface area (Å²) in [5.74, 6) is 1.66. The second kappa shape index (κ2) is 27.7. The van der Waals surface area contributed by atoms with Crippen molar-refractivity contribution in [3.05, 3.63) is 145 Å². The Balaban J connectivity index is 0.000000210. The van der Waals surface area contributed by atoms with Crippen LogP contribution in [0.1, 0.15) is 186 Å². The van der Waals surface area contributed by atoms with Crippen molar-refractivity contribution in [3.8, 4) is 11.3 Å². The van der Waals surface area contributed by atoms with Gasteiger partial charge in [-0.25, -0.2) is 29.9 Å². The van der Waals surface area contributed by atoms with E-state index in [1.54, 1.807) is 52.6 Å². The largest absolute Gasteiger partial charge is 0.494 e. The Labute approximate surface area is 498 Å². The molecule has 20 heteroatoms. The molecule has 0 spiro atoms. The van der Waals surface area contributed by atoms with Crippen molar-refractivity contribution >= 4 is 81.7 Å². The van der Waals surface area contributed by atoms with Crippen LogP contribution in [0.2, 0.25) is 5.15 Å². The van der Waals surface area contributed by atoms with Crippen LogP contribution in [0.3, 0.4) is 0 Å². The van der Waals surface area contributed by atoms with E-state index in [0.717, 1.165) is 66.3 Å². The average Bonchev–Trinajstić information content (AvgIpc) is 3.94. The number of hydrogen-bond donors (Lipinski definition) is 2. The highest BCUT2D eigenvalue weighted by atomic mass is 35.5. The van der Waals surface area contributed by atoms with Gasteiger partial charge in [-0.05, 0) is 112 Å². The third-order valence-corrected chi connectivity index (χ3v) is 17.3. The van der Waals surface area contributed by atoms with Crippen LogP contribution in [0.5, 0.6) is 0 Å². The van der Waals surface area contributed by atoms with Gasteiger partial charge >= 0.3 is 7.12 Å². The minimum absolute atomic E-state index is 0.0344. The zero-order valence-electron chi connectivity index (χ0n) is 51.1. The summed E-state index contributed by atoms with van der Waals surface area (Å²) in [5, 5.41) is 16.7. The fourth-order valence-corrected chi connectivity index (χ4v) is 10.9. The first-order chi connectivity index (χ1) is 38.6. The summed E-state index contributed by atoms with van der Waals surface area (Å²) in [4.78, 5) is 53.5. The second-order valence-corrected chi connectivity index (χ2v) is 25.8. The summed E-state index contributed by atoms with van der Waals surface area (Å²) in [6.07, 6.45) is 16.7. The molecule has 0 amide bonds. The number of carbonyl (C=O) groups excluding carboxylic acids is 2. The number of nitrogens with zero attached hydrogens (tertiary/aromatic N) is 10. The van der Waals surface area contributed by atoms with Crippen LogP contribution in [0.4, 0.5) is 23.3 Å². The minimum Gasteiger partial charge on any atom is -0.399 e. The lowest BCUT2D eigenvalue weighted by molar-refractivity contribution is 0.00578. The predicted octanol–water partition coefficient (Wildman–Crippen LogP) is 14.9. The number of ketones is 2. The quantitative estimate of drug-likeness (QED) is 0.0528. The summed E-state index contributed by atoms with van der Waals surface area (Å²) in [5.41, 5.74) is 8.49. The number of hydrogen-bond acceptors (Lipinski definition) is 16. The number of thiazole rings is 2. The second-order valence-electron chi connectivity index (χ2n) is 23.3. The molecule has 0 saturated carbocycles. The van der Waals surface area contributed by atoms with Crippen LogP contribution in [-0.4, -0.2) is 79.4 Å². The van der Waals surface area contributed by atoms with Crippen molar-refractivity contribution in [2.45, 2.75) is 170 Å². The summed E-state index contributed by atoms with van der Waals surface area (Å²) >= 11 is 8.75. The zero-order chi connectivity index (χ0) is 60.3. The average molecular weight is 1170 g/mol. The number of rotatable bonds is 16. The number of aryl methyl sites for hydroxylation is 4. The van der Waals surface area contributed by atoms with Gasteiger partial charge < -0.3 is 19.9 Å². The number of benzene rings is 2. The molecular weight excluding hydrogens is 1090 g/mol. The Morgan fingerprint density at radius 3 is 1.50 bits per heavy atom. The van der Waals surface area contributed by atoms with Gasteiger partial charge in [0, 0.05) is 80.5 Å². The Hall–Kier alpha value is -6.51. The highest BCUT2D eigenvalue weighted by molar-refractivity contribution is 7.14. The number of nitrogens with one attached hydrogen (secondary N) is 2. The molecule has 1 fully saturated rings. The van der Waals surface area contributed by atoms with Crippen LogP contribution in [-0.2, 0) is 34.2 Å². The zero-order valence-corrected chi connectivity index (χ0v) is 53.5. The van der Waals surface area contributed by atoms with Gasteiger partial charge in [0.25, 0.3) is 0 Å². The van der Waals surface area contributed by atoms with Crippen molar-refractivity contribution < 1.29 is 18.9 Å². The van der Waals surface area contributed by atoms with Crippen LogP contribution >= 0.6 is 34.3 Å². The van der Waals surface area contributed by atoms with E-state index in [9.17, 15) is 9.59 Å².